The Labute approximate surface area is 144 Å². The van der Waals surface area contributed by atoms with Gasteiger partial charge in [0.05, 0.1) is 10.2 Å². The minimum atomic E-state index is 0.729. The Hall–Kier alpha value is -0.650. The average Bonchev–Trinajstić information content (AvgIpc) is 2.99. The van der Waals surface area contributed by atoms with Gasteiger partial charge in [-0.05, 0) is 57.0 Å². The van der Waals surface area contributed by atoms with Crippen LogP contribution in [0.4, 0.5) is 5.13 Å². The number of hydrogen-bond donors (Lipinski definition) is 0. The van der Waals surface area contributed by atoms with Gasteiger partial charge in [-0.25, -0.2) is 4.98 Å². The number of benzene rings is 1. The molecule has 118 valence electrons. The zero-order chi connectivity index (χ0) is 14.9. The third-order valence-corrected chi connectivity index (χ3v) is 6.49. The maximum Gasteiger partial charge on any atom is 0.186 e. The summed E-state index contributed by atoms with van der Waals surface area (Å²) in [6.45, 7) is 4.91. The van der Waals surface area contributed by atoms with Crippen molar-refractivity contribution < 1.29 is 0 Å². The lowest BCUT2D eigenvalue weighted by atomic mass is 10.0. The highest BCUT2D eigenvalue weighted by Gasteiger charge is 2.27. The van der Waals surface area contributed by atoms with E-state index in [1.807, 2.05) is 11.3 Å². The van der Waals surface area contributed by atoms with Crippen LogP contribution in [0.3, 0.4) is 0 Å². The Morgan fingerprint density at radius 3 is 2.82 bits per heavy atom. The molecule has 2 aliphatic heterocycles. The van der Waals surface area contributed by atoms with Crippen LogP contribution < -0.4 is 4.90 Å². The molecule has 5 heteroatoms. The first kappa shape index (κ1) is 14.9. The van der Waals surface area contributed by atoms with Crippen LogP contribution >= 0.6 is 27.3 Å². The number of anilines is 1. The highest BCUT2D eigenvalue weighted by Crippen LogP contribution is 2.33. The number of aromatic nitrogens is 1. The van der Waals surface area contributed by atoms with Gasteiger partial charge in [0.25, 0.3) is 0 Å². The molecule has 3 heterocycles. The summed E-state index contributed by atoms with van der Waals surface area (Å²) in [4.78, 5) is 10.1. The first-order chi connectivity index (χ1) is 10.8. The molecule has 0 saturated carbocycles. The number of fused-ring (bicyclic) bond motifs is 1. The minimum absolute atomic E-state index is 0.729. The van der Waals surface area contributed by atoms with Gasteiger partial charge >= 0.3 is 0 Å². The van der Waals surface area contributed by atoms with Gasteiger partial charge < -0.3 is 4.90 Å². The Morgan fingerprint density at radius 1 is 1.09 bits per heavy atom. The van der Waals surface area contributed by atoms with Gasteiger partial charge in [0.2, 0.25) is 0 Å². The van der Waals surface area contributed by atoms with Crippen LogP contribution in [0.1, 0.15) is 32.1 Å². The van der Waals surface area contributed by atoms with E-state index < -0.39 is 0 Å². The van der Waals surface area contributed by atoms with Gasteiger partial charge in [-0.1, -0.05) is 33.7 Å². The summed E-state index contributed by atoms with van der Waals surface area (Å²) < 4.78 is 2.42. The van der Waals surface area contributed by atoms with E-state index in [1.54, 1.807) is 0 Å². The molecule has 0 aliphatic carbocycles. The fourth-order valence-electron chi connectivity index (χ4n) is 3.73. The van der Waals surface area contributed by atoms with Crippen molar-refractivity contribution in [3.8, 4) is 0 Å². The molecule has 2 saturated heterocycles. The summed E-state index contributed by atoms with van der Waals surface area (Å²) in [5.74, 6) is 0. The molecule has 3 nitrogen and oxygen atoms in total. The highest BCUT2D eigenvalue weighted by molar-refractivity contribution is 9.10. The summed E-state index contributed by atoms with van der Waals surface area (Å²) in [6.07, 6.45) is 6.82. The smallest absolute Gasteiger partial charge is 0.186 e. The molecule has 2 aliphatic rings. The number of thiazole rings is 1. The normalized spacial score (nSPS) is 24.0. The number of rotatable bonds is 2. The van der Waals surface area contributed by atoms with Crippen LogP contribution in [0.2, 0.25) is 0 Å². The van der Waals surface area contributed by atoms with E-state index in [0.29, 0.717) is 0 Å². The van der Waals surface area contributed by atoms with Crippen molar-refractivity contribution in [3.63, 3.8) is 0 Å². The maximum absolute atomic E-state index is 4.86. The molecule has 0 amide bonds. The molecule has 1 unspecified atom stereocenters. The van der Waals surface area contributed by atoms with E-state index in [0.717, 1.165) is 29.1 Å². The first-order valence-corrected chi connectivity index (χ1v) is 9.96. The SMILES string of the molecule is Brc1ccc2nc(N3CCCC(N4CCCCC4)C3)sc2c1. The van der Waals surface area contributed by atoms with Gasteiger partial charge in [0.1, 0.15) is 0 Å². The van der Waals surface area contributed by atoms with E-state index in [2.05, 4.69) is 43.9 Å². The van der Waals surface area contributed by atoms with Crippen molar-refractivity contribution in [2.24, 2.45) is 0 Å². The Bertz CT molecular complexity index is 650. The topological polar surface area (TPSA) is 19.4 Å². The molecule has 0 N–H and O–H groups in total. The number of halogens is 1. The van der Waals surface area contributed by atoms with Crippen molar-refractivity contribution in [2.45, 2.75) is 38.1 Å². The minimum Gasteiger partial charge on any atom is -0.346 e. The predicted octanol–water partition coefficient (Wildman–Crippen LogP) is 4.51. The second kappa shape index (κ2) is 6.46. The van der Waals surface area contributed by atoms with Crippen LogP contribution in [0.25, 0.3) is 10.2 Å². The van der Waals surface area contributed by atoms with Crippen molar-refractivity contribution >= 4 is 42.6 Å². The van der Waals surface area contributed by atoms with E-state index >= 15 is 0 Å². The van der Waals surface area contributed by atoms with Crippen LogP contribution in [0.5, 0.6) is 0 Å². The summed E-state index contributed by atoms with van der Waals surface area (Å²) in [7, 11) is 0. The third kappa shape index (κ3) is 3.03. The molecular formula is C17H22BrN3S. The van der Waals surface area contributed by atoms with Crippen LogP contribution in [0.15, 0.2) is 22.7 Å². The fraction of sp³-hybridized carbons (Fsp3) is 0.588. The second-order valence-electron chi connectivity index (χ2n) is 6.45. The molecule has 0 spiro atoms. The van der Waals surface area contributed by atoms with Crippen molar-refractivity contribution in [3.05, 3.63) is 22.7 Å². The number of nitrogens with zero attached hydrogens (tertiary/aromatic N) is 3. The lowest BCUT2D eigenvalue weighted by Crippen LogP contribution is -2.49. The monoisotopic (exact) mass is 379 g/mol. The molecular weight excluding hydrogens is 358 g/mol. The Kier molecular flexibility index (Phi) is 4.38. The molecule has 0 bridgehead atoms. The molecule has 22 heavy (non-hydrogen) atoms. The second-order valence-corrected chi connectivity index (χ2v) is 8.37. The number of piperidine rings is 2. The van der Waals surface area contributed by atoms with Crippen LogP contribution in [-0.2, 0) is 0 Å². The molecule has 1 aromatic carbocycles. The maximum atomic E-state index is 4.86. The lowest BCUT2D eigenvalue weighted by Gasteiger charge is -2.40. The van der Waals surface area contributed by atoms with Crippen molar-refractivity contribution in [2.75, 3.05) is 31.1 Å². The zero-order valence-corrected chi connectivity index (χ0v) is 15.2. The fourth-order valence-corrected chi connectivity index (χ4v) is 5.28. The van der Waals surface area contributed by atoms with E-state index in [1.165, 1.54) is 55.0 Å². The average molecular weight is 380 g/mol. The van der Waals surface area contributed by atoms with Gasteiger partial charge in [0.15, 0.2) is 5.13 Å². The quantitative estimate of drug-likeness (QED) is 0.764. The van der Waals surface area contributed by atoms with E-state index in [-0.39, 0.29) is 0 Å². The van der Waals surface area contributed by atoms with Gasteiger partial charge in [0, 0.05) is 23.6 Å². The molecule has 2 fully saturated rings. The number of hydrogen-bond acceptors (Lipinski definition) is 4. The van der Waals surface area contributed by atoms with E-state index in [9.17, 15) is 0 Å². The summed E-state index contributed by atoms with van der Waals surface area (Å²) in [6, 6.07) is 7.11. The Balaban J connectivity index is 1.52. The largest absolute Gasteiger partial charge is 0.346 e. The summed E-state index contributed by atoms with van der Waals surface area (Å²) in [5, 5.41) is 1.20. The lowest BCUT2D eigenvalue weighted by molar-refractivity contribution is 0.147. The van der Waals surface area contributed by atoms with E-state index in [4.69, 9.17) is 4.98 Å². The molecule has 1 atom stereocenters. The van der Waals surface area contributed by atoms with Crippen molar-refractivity contribution in [1.82, 2.24) is 9.88 Å². The summed E-state index contributed by atoms with van der Waals surface area (Å²) in [5.41, 5.74) is 1.13. The summed E-state index contributed by atoms with van der Waals surface area (Å²) >= 11 is 5.39. The highest BCUT2D eigenvalue weighted by atomic mass is 79.9. The van der Waals surface area contributed by atoms with Gasteiger partial charge in [-0.3, -0.25) is 4.90 Å². The van der Waals surface area contributed by atoms with Gasteiger partial charge in [-0.15, -0.1) is 0 Å². The number of likely N-dealkylation sites (tertiary alicyclic amines) is 1. The van der Waals surface area contributed by atoms with Crippen molar-refractivity contribution in [1.29, 1.82) is 0 Å². The molecule has 0 radical (unpaired) electrons. The Morgan fingerprint density at radius 2 is 1.95 bits per heavy atom. The standard InChI is InChI=1S/C17H22BrN3S/c18-13-6-7-15-16(11-13)22-17(19-15)21-10-4-5-14(12-21)20-8-2-1-3-9-20/h6-7,11,14H,1-5,8-10,12H2. The van der Waals surface area contributed by atoms with Crippen LogP contribution in [0, 0.1) is 0 Å². The van der Waals surface area contributed by atoms with Crippen LogP contribution in [-0.4, -0.2) is 42.1 Å². The van der Waals surface area contributed by atoms with Gasteiger partial charge in [-0.2, -0.15) is 0 Å². The predicted molar refractivity (Wildman–Crippen MR) is 98.0 cm³/mol. The molecule has 1 aromatic heterocycles. The molecule has 2 aromatic rings. The molecule has 4 rings (SSSR count). The third-order valence-electron chi connectivity index (χ3n) is 4.91. The first-order valence-electron chi connectivity index (χ1n) is 8.35. The zero-order valence-electron chi connectivity index (χ0n) is 12.8.